The summed E-state index contributed by atoms with van der Waals surface area (Å²) in [6, 6.07) is 6.71. The molecule has 0 aliphatic carbocycles. The Hall–Kier alpha value is -1.72. The summed E-state index contributed by atoms with van der Waals surface area (Å²) >= 11 is 0. The summed E-state index contributed by atoms with van der Waals surface area (Å²) in [7, 11) is 0. The quantitative estimate of drug-likeness (QED) is 0.836. The van der Waals surface area contributed by atoms with Crippen LogP contribution in [0, 0.1) is 12.8 Å². The predicted molar refractivity (Wildman–Crippen MR) is 70.5 cm³/mol. The molecule has 0 radical (unpaired) electrons. The highest BCUT2D eigenvalue weighted by Crippen LogP contribution is 2.33. The number of carbonyl (C=O) groups is 1. The third kappa shape index (κ3) is 3.65. The molecule has 0 saturated carbocycles. The number of hydrogen-bond donors (Lipinski definition) is 1. The average molecular weight is 286 g/mol. The number of likely N-dealkylation sites (tertiary alicyclic amines) is 1. The summed E-state index contributed by atoms with van der Waals surface area (Å²) < 4.78 is 38.1. The number of halogens is 3. The first-order chi connectivity index (χ1) is 9.36. The Morgan fingerprint density at radius 2 is 2.15 bits per heavy atom. The second kappa shape index (κ2) is 5.73. The fourth-order valence-corrected chi connectivity index (χ4v) is 2.35. The highest BCUT2D eigenvalue weighted by molar-refractivity contribution is 5.89. The highest BCUT2D eigenvalue weighted by atomic mass is 19.4. The van der Waals surface area contributed by atoms with Crippen LogP contribution in [-0.2, 0) is 0 Å². The van der Waals surface area contributed by atoms with Gasteiger partial charge in [-0.15, -0.1) is 0 Å². The van der Waals surface area contributed by atoms with Crippen LogP contribution < -0.4 is 5.32 Å². The van der Waals surface area contributed by atoms with Crippen molar-refractivity contribution in [3.63, 3.8) is 0 Å². The van der Waals surface area contributed by atoms with E-state index in [0.29, 0.717) is 18.7 Å². The summed E-state index contributed by atoms with van der Waals surface area (Å²) in [5.74, 6) is -1.42. The lowest BCUT2D eigenvalue weighted by Crippen LogP contribution is -2.46. The minimum absolute atomic E-state index is 0.0950. The fourth-order valence-electron chi connectivity index (χ4n) is 2.35. The van der Waals surface area contributed by atoms with Crippen LogP contribution >= 0.6 is 0 Å². The van der Waals surface area contributed by atoms with Crippen LogP contribution in [-0.4, -0.2) is 30.2 Å². The van der Waals surface area contributed by atoms with E-state index in [2.05, 4.69) is 5.32 Å². The van der Waals surface area contributed by atoms with Crippen LogP contribution in [0.4, 0.5) is 23.7 Å². The summed E-state index contributed by atoms with van der Waals surface area (Å²) in [6.45, 7) is 1.99. The van der Waals surface area contributed by atoms with Gasteiger partial charge in [0.2, 0.25) is 0 Å². The molecule has 1 aliphatic heterocycles. The second-order valence-electron chi connectivity index (χ2n) is 5.13. The molecule has 1 aromatic rings. The van der Waals surface area contributed by atoms with E-state index in [-0.39, 0.29) is 13.0 Å². The van der Waals surface area contributed by atoms with Crippen LogP contribution in [0.15, 0.2) is 24.3 Å². The zero-order valence-corrected chi connectivity index (χ0v) is 11.2. The number of nitrogens with zero attached hydrogens (tertiary/aromatic N) is 1. The standard InChI is InChI=1S/C14H17F3N2O/c1-10-4-2-6-12(8-10)18-13(20)19-7-3-5-11(9-19)14(15,16)17/h2,4,6,8,11H,3,5,7,9H2,1H3,(H,18,20)/t11-/m0/s1. The van der Waals surface area contributed by atoms with Crippen molar-refractivity contribution in [2.24, 2.45) is 5.92 Å². The Balaban J connectivity index is 1.99. The van der Waals surface area contributed by atoms with Crippen molar-refractivity contribution in [3.8, 4) is 0 Å². The summed E-state index contributed by atoms with van der Waals surface area (Å²) in [5.41, 5.74) is 1.58. The van der Waals surface area contributed by atoms with Gasteiger partial charge in [0.25, 0.3) is 0 Å². The van der Waals surface area contributed by atoms with Gasteiger partial charge in [-0.25, -0.2) is 4.79 Å². The number of urea groups is 1. The number of hydrogen-bond acceptors (Lipinski definition) is 1. The molecule has 6 heteroatoms. The fraction of sp³-hybridized carbons (Fsp3) is 0.500. The number of rotatable bonds is 1. The van der Waals surface area contributed by atoms with Crippen molar-refractivity contribution in [2.75, 3.05) is 18.4 Å². The Morgan fingerprint density at radius 1 is 1.40 bits per heavy atom. The predicted octanol–water partition coefficient (Wildman–Crippen LogP) is 3.80. The minimum Gasteiger partial charge on any atom is -0.324 e. The van der Waals surface area contributed by atoms with Gasteiger partial charge in [-0.05, 0) is 37.5 Å². The molecule has 0 bridgehead atoms. The maximum absolute atomic E-state index is 12.7. The SMILES string of the molecule is Cc1cccc(NC(=O)N2CCC[C@H](C(F)(F)F)C2)c1. The van der Waals surface area contributed by atoms with E-state index in [1.807, 2.05) is 13.0 Å². The molecule has 0 unspecified atom stereocenters. The smallest absolute Gasteiger partial charge is 0.324 e. The first-order valence-corrected chi connectivity index (χ1v) is 6.55. The number of benzene rings is 1. The zero-order chi connectivity index (χ0) is 14.8. The second-order valence-corrected chi connectivity index (χ2v) is 5.13. The Bertz CT molecular complexity index is 488. The topological polar surface area (TPSA) is 32.3 Å². The molecule has 1 aliphatic rings. The molecule has 1 heterocycles. The van der Waals surface area contributed by atoms with Crippen LogP contribution in [0.25, 0.3) is 0 Å². The van der Waals surface area contributed by atoms with Crippen molar-refractivity contribution in [2.45, 2.75) is 25.9 Å². The first kappa shape index (κ1) is 14.7. The van der Waals surface area contributed by atoms with E-state index >= 15 is 0 Å². The Kier molecular flexibility index (Phi) is 4.20. The van der Waals surface area contributed by atoms with E-state index < -0.39 is 18.1 Å². The molecular formula is C14H17F3N2O. The molecule has 1 saturated heterocycles. The molecule has 1 aromatic carbocycles. The third-order valence-electron chi connectivity index (χ3n) is 3.44. The average Bonchev–Trinajstić information content (AvgIpc) is 2.38. The van der Waals surface area contributed by atoms with E-state index in [1.54, 1.807) is 18.2 Å². The molecule has 1 atom stereocenters. The molecule has 1 fully saturated rings. The van der Waals surface area contributed by atoms with Crippen molar-refractivity contribution in [1.29, 1.82) is 0 Å². The third-order valence-corrected chi connectivity index (χ3v) is 3.44. The maximum atomic E-state index is 12.7. The zero-order valence-electron chi connectivity index (χ0n) is 11.2. The lowest BCUT2D eigenvalue weighted by Gasteiger charge is -2.33. The van der Waals surface area contributed by atoms with Gasteiger partial charge >= 0.3 is 12.2 Å². The normalized spacial score (nSPS) is 19.8. The number of alkyl halides is 3. The molecular weight excluding hydrogens is 269 g/mol. The maximum Gasteiger partial charge on any atom is 0.393 e. The van der Waals surface area contributed by atoms with Gasteiger partial charge in [0.1, 0.15) is 0 Å². The van der Waals surface area contributed by atoms with Crippen molar-refractivity contribution >= 4 is 11.7 Å². The number of aryl methyl sites for hydroxylation is 1. The molecule has 0 spiro atoms. The summed E-state index contributed by atoms with van der Waals surface area (Å²) in [5, 5.41) is 2.64. The van der Waals surface area contributed by atoms with E-state index in [1.165, 1.54) is 4.90 Å². The van der Waals surface area contributed by atoms with Crippen LogP contribution in [0.5, 0.6) is 0 Å². The number of carbonyl (C=O) groups excluding carboxylic acids is 1. The van der Waals surface area contributed by atoms with Gasteiger partial charge < -0.3 is 10.2 Å². The monoisotopic (exact) mass is 286 g/mol. The van der Waals surface area contributed by atoms with Crippen molar-refractivity contribution < 1.29 is 18.0 Å². The Morgan fingerprint density at radius 3 is 2.80 bits per heavy atom. The lowest BCUT2D eigenvalue weighted by molar-refractivity contribution is -0.183. The van der Waals surface area contributed by atoms with Gasteiger partial charge in [-0.1, -0.05) is 12.1 Å². The van der Waals surface area contributed by atoms with Crippen LogP contribution in [0.1, 0.15) is 18.4 Å². The molecule has 0 aromatic heterocycles. The molecule has 1 N–H and O–H groups in total. The summed E-state index contributed by atoms with van der Waals surface area (Å²) in [4.78, 5) is 13.2. The van der Waals surface area contributed by atoms with Gasteiger partial charge in [-0.3, -0.25) is 0 Å². The number of nitrogens with one attached hydrogen (secondary N) is 1. The minimum atomic E-state index is -4.23. The first-order valence-electron chi connectivity index (χ1n) is 6.55. The van der Waals surface area contributed by atoms with Crippen molar-refractivity contribution in [3.05, 3.63) is 29.8 Å². The van der Waals surface area contributed by atoms with E-state index in [9.17, 15) is 18.0 Å². The number of piperidine rings is 1. The van der Waals surface area contributed by atoms with E-state index in [4.69, 9.17) is 0 Å². The van der Waals surface area contributed by atoms with Crippen molar-refractivity contribution in [1.82, 2.24) is 4.90 Å². The number of anilines is 1. The largest absolute Gasteiger partial charge is 0.393 e. The highest BCUT2D eigenvalue weighted by Gasteiger charge is 2.42. The number of amides is 2. The Labute approximate surface area is 115 Å². The van der Waals surface area contributed by atoms with Gasteiger partial charge in [0.15, 0.2) is 0 Å². The molecule has 2 amide bonds. The van der Waals surface area contributed by atoms with Gasteiger partial charge in [0, 0.05) is 18.8 Å². The molecule has 2 rings (SSSR count). The summed E-state index contributed by atoms with van der Waals surface area (Å²) in [6.07, 6.45) is -3.76. The van der Waals surface area contributed by atoms with Gasteiger partial charge in [-0.2, -0.15) is 13.2 Å². The van der Waals surface area contributed by atoms with Crippen LogP contribution in [0.3, 0.4) is 0 Å². The lowest BCUT2D eigenvalue weighted by atomic mass is 9.98. The van der Waals surface area contributed by atoms with E-state index in [0.717, 1.165) is 5.56 Å². The van der Waals surface area contributed by atoms with Gasteiger partial charge in [0.05, 0.1) is 5.92 Å². The molecule has 3 nitrogen and oxygen atoms in total. The molecule has 110 valence electrons. The van der Waals surface area contributed by atoms with Crippen LogP contribution in [0.2, 0.25) is 0 Å². The molecule has 20 heavy (non-hydrogen) atoms.